The van der Waals surface area contributed by atoms with Gasteiger partial charge in [0, 0.05) is 31.8 Å². The van der Waals surface area contributed by atoms with E-state index >= 15 is 0 Å². The van der Waals surface area contributed by atoms with Crippen LogP contribution in [0.15, 0.2) is 48.5 Å². The van der Waals surface area contributed by atoms with E-state index in [4.69, 9.17) is 16.3 Å². The van der Waals surface area contributed by atoms with E-state index in [9.17, 15) is 0 Å². The van der Waals surface area contributed by atoms with Gasteiger partial charge in [-0.15, -0.1) is 0 Å². The molecule has 2 aromatic carbocycles. The zero-order chi connectivity index (χ0) is 16.1. The molecule has 0 saturated carbocycles. The summed E-state index contributed by atoms with van der Waals surface area (Å²) in [5.74, 6) is 0. The minimum absolute atomic E-state index is 0.118. The van der Waals surface area contributed by atoms with E-state index in [1.54, 1.807) is 7.11 Å². The van der Waals surface area contributed by atoms with Gasteiger partial charge in [-0.25, -0.2) is 0 Å². The van der Waals surface area contributed by atoms with Gasteiger partial charge in [0.05, 0.1) is 12.1 Å². The van der Waals surface area contributed by atoms with E-state index in [2.05, 4.69) is 47.0 Å². The first-order valence-electron chi connectivity index (χ1n) is 8.01. The fourth-order valence-electron chi connectivity index (χ4n) is 3.23. The van der Waals surface area contributed by atoms with E-state index in [-0.39, 0.29) is 5.54 Å². The molecule has 0 saturated heterocycles. The number of halogens is 1. The van der Waals surface area contributed by atoms with Gasteiger partial charge in [-0.2, -0.15) is 0 Å². The van der Waals surface area contributed by atoms with Crippen molar-refractivity contribution in [2.75, 3.05) is 26.8 Å². The Kier molecular flexibility index (Phi) is 5.34. The summed E-state index contributed by atoms with van der Waals surface area (Å²) < 4.78 is 5.14. The predicted molar refractivity (Wildman–Crippen MR) is 94.9 cm³/mol. The first-order valence-corrected chi connectivity index (χ1v) is 8.39. The first-order chi connectivity index (χ1) is 11.2. The van der Waals surface area contributed by atoms with Gasteiger partial charge in [0.25, 0.3) is 0 Å². The molecule has 0 radical (unpaired) electrons. The molecular weight excluding hydrogens is 308 g/mol. The number of rotatable bonds is 6. The van der Waals surface area contributed by atoms with Crippen molar-refractivity contribution >= 4 is 11.6 Å². The van der Waals surface area contributed by atoms with Crippen molar-refractivity contribution in [3.63, 3.8) is 0 Å². The molecule has 0 bridgehead atoms. The van der Waals surface area contributed by atoms with Gasteiger partial charge in [0.2, 0.25) is 0 Å². The zero-order valence-corrected chi connectivity index (χ0v) is 14.2. The summed E-state index contributed by atoms with van der Waals surface area (Å²) in [6, 6.07) is 16.8. The fraction of sp³-hybridized carbons (Fsp3) is 0.368. The Morgan fingerprint density at radius 1 is 1.13 bits per heavy atom. The molecule has 23 heavy (non-hydrogen) atoms. The molecule has 1 atom stereocenters. The second kappa shape index (κ2) is 7.45. The molecule has 2 N–H and O–H groups in total. The molecular formula is C19H23ClN2O. The summed E-state index contributed by atoms with van der Waals surface area (Å²) in [4.78, 5) is 0. The van der Waals surface area contributed by atoms with E-state index in [1.807, 2.05) is 12.1 Å². The van der Waals surface area contributed by atoms with Crippen LogP contribution in [0.1, 0.15) is 16.7 Å². The van der Waals surface area contributed by atoms with Crippen molar-refractivity contribution in [1.82, 2.24) is 10.6 Å². The number of hydrogen-bond donors (Lipinski definition) is 2. The highest BCUT2D eigenvalue weighted by atomic mass is 35.5. The minimum Gasteiger partial charge on any atom is -0.383 e. The first kappa shape index (κ1) is 16.5. The molecule has 0 fully saturated rings. The predicted octanol–water partition coefficient (Wildman–Crippen LogP) is 3.12. The van der Waals surface area contributed by atoms with Crippen LogP contribution in [-0.4, -0.2) is 26.8 Å². The van der Waals surface area contributed by atoms with Gasteiger partial charge in [-0.3, -0.25) is 0 Å². The van der Waals surface area contributed by atoms with Crippen LogP contribution in [0.4, 0.5) is 0 Å². The topological polar surface area (TPSA) is 33.3 Å². The van der Waals surface area contributed by atoms with Crippen LogP contribution >= 0.6 is 11.6 Å². The molecule has 0 aliphatic carbocycles. The summed E-state index contributed by atoms with van der Waals surface area (Å²) in [5, 5.41) is 8.05. The normalized spacial score (nSPS) is 20.3. The molecule has 1 aliphatic rings. The lowest BCUT2D eigenvalue weighted by Gasteiger charge is -2.40. The smallest absolute Gasteiger partial charge is 0.0604 e. The number of benzene rings is 2. The average molecular weight is 331 g/mol. The Balaban J connectivity index is 1.87. The molecule has 4 heteroatoms. The Hall–Kier alpha value is -1.39. The average Bonchev–Trinajstić information content (AvgIpc) is 2.59. The largest absolute Gasteiger partial charge is 0.383 e. The second-order valence-electron chi connectivity index (χ2n) is 6.06. The van der Waals surface area contributed by atoms with Crippen molar-refractivity contribution in [1.29, 1.82) is 0 Å². The van der Waals surface area contributed by atoms with Crippen molar-refractivity contribution < 1.29 is 4.74 Å². The molecule has 1 aliphatic heterocycles. The minimum atomic E-state index is -0.118. The van der Waals surface area contributed by atoms with Gasteiger partial charge >= 0.3 is 0 Å². The Bertz CT molecular complexity index is 644. The van der Waals surface area contributed by atoms with Crippen molar-refractivity contribution in [2.24, 2.45) is 0 Å². The van der Waals surface area contributed by atoms with E-state index in [0.717, 1.165) is 31.1 Å². The van der Waals surface area contributed by atoms with Crippen LogP contribution < -0.4 is 10.6 Å². The molecule has 3 rings (SSSR count). The second-order valence-corrected chi connectivity index (χ2v) is 6.49. The summed E-state index contributed by atoms with van der Waals surface area (Å²) in [5.41, 5.74) is 3.94. The van der Waals surface area contributed by atoms with Gasteiger partial charge in [-0.05, 0) is 35.2 Å². The standard InChI is InChI=1S/C19H23ClN2O/c1-23-11-10-21-14-19(17-6-8-18(20)9-7-17)12-15-4-2-3-5-16(15)13-22-19/h2-9,21-22H,10-14H2,1H3. The highest BCUT2D eigenvalue weighted by molar-refractivity contribution is 6.30. The molecule has 2 aromatic rings. The molecule has 1 heterocycles. The number of hydrogen-bond acceptors (Lipinski definition) is 3. The Labute approximate surface area is 143 Å². The van der Waals surface area contributed by atoms with E-state index < -0.39 is 0 Å². The molecule has 1 unspecified atom stereocenters. The van der Waals surface area contributed by atoms with Gasteiger partial charge < -0.3 is 15.4 Å². The van der Waals surface area contributed by atoms with Gasteiger partial charge in [0.15, 0.2) is 0 Å². The highest BCUT2D eigenvalue weighted by Crippen LogP contribution is 2.32. The van der Waals surface area contributed by atoms with Crippen LogP contribution in [0.5, 0.6) is 0 Å². The number of nitrogens with one attached hydrogen (secondary N) is 2. The molecule has 0 spiro atoms. The van der Waals surface area contributed by atoms with Gasteiger partial charge in [-0.1, -0.05) is 48.0 Å². The lowest BCUT2D eigenvalue weighted by Crippen LogP contribution is -2.53. The molecule has 0 aromatic heterocycles. The van der Waals surface area contributed by atoms with E-state index in [0.29, 0.717) is 6.61 Å². The maximum atomic E-state index is 6.07. The van der Waals surface area contributed by atoms with Crippen LogP contribution in [0.25, 0.3) is 0 Å². The molecule has 3 nitrogen and oxygen atoms in total. The quantitative estimate of drug-likeness (QED) is 0.798. The molecule has 0 amide bonds. The van der Waals surface area contributed by atoms with E-state index in [1.165, 1.54) is 16.7 Å². The SMILES string of the molecule is COCCNCC1(c2ccc(Cl)cc2)Cc2ccccc2CN1. The number of fused-ring (bicyclic) bond motifs is 1. The Morgan fingerprint density at radius 3 is 2.61 bits per heavy atom. The summed E-state index contributed by atoms with van der Waals surface area (Å²) >= 11 is 6.07. The Morgan fingerprint density at radius 2 is 1.87 bits per heavy atom. The van der Waals surface area contributed by atoms with Crippen LogP contribution in [0, 0.1) is 0 Å². The van der Waals surface area contributed by atoms with Crippen molar-refractivity contribution in [3.05, 3.63) is 70.2 Å². The fourth-order valence-corrected chi connectivity index (χ4v) is 3.36. The summed E-state index contributed by atoms with van der Waals surface area (Å²) in [6.45, 7) is 3.29. The van der Waals surface area contributed by atoms with Gasteiger partial charge in [0.1, 0.15) is 0 Å². The van der Waals surface area contributed by atoms with Crippen LogP contribution in [0.3, 0.4) is 0 Å². The maximum Gasteiger partial charge on any atom is 0.0604 e. The van der Waals surface area contributed by atoms with Crippen LogP contribution in [0.2, 0.25) is 5.02 Å². The zero-order valence-electron chi connectivity index (χ0n) is 13.4. The third kappa shape index (κ3) is 3.75. The number of methoxy groups -OCH3 is 1. The monoisotopic (exact) mass is 330 g/mol. The lowest BCUT2D eigenvalue weighted by atomic mass is 9.79. The van der Waals surface area contributed by atoms with Crippen molar-refractivity contribution in [2.45, 2.75) is 18.5 Å². The molecule has 122 valence electrons. The number of ether oxygens (including phenoxy) is 1. The van der Waals surface area contributed by atoms with Crippen LogP contribution in [-0.2, 0) is 23.2 Å². The highest BCUT2D eigenvalue weighted by Gasteiger charge is 2.35. The lowest BCUT2D eigenvalue weighted by molar-refractivity contribution is 0.192. The third-order valence-corrected chi connectivity index (χ3v) is 4.79. The summed E-state index contributed by atoms with van der Waals surface area (Å²) in [6.07, 6.45) is 0.963. The third-order valence-electron chi connectivity index (χ3n) is 4.53. The maximum absolute atomic E-state index is 6.07. The summed E-state index contributed by atoms with van der Waals surface area (Å²) in [7, 11) is 1.73. The van der Waals surface area contributed by atoms with Crippen molar-refractivity contribution in [3.8, 4) is 0 Å².